The molecular weight excluding hydrogens is 302 g/mol. The van der Waals surface area contributed by atoms with Crippen molar-refractivity contribution in [2.45, 2.75) is 39.5 Å². The average molecular weight is 328 g/mol. The molecule has 1 aromatic rings. The van der Waals surface area contributed by atoms with Gasteiger partial charge in [-0.25, -0.2) is 0 Å². The van der Waals surface area contributed by atoms with Gasteiger partial charge >= 0.3 is 0 Å². The molecule has 0 spiro atoms. The second-order valence-electron chi connectivity index (χ2n) is 5.65. The highest BCUT2D eigenvalue weighted by molar-refractivity contribution is 5.96. The summed E-state index contributed by atoms with van der Waals surface area (Å²) in [5.74, 6) is 0.0217. The predicted molar refractivity (Wildman–Crippen MR) is 92.6 cm³/mol. The quantitative estimate of drug-likeness (QED) is 0.750. The zero-order chi connectivity index (χ0) is 16.0. The van der Waals surface area contributed by atoms with Crippen molar-refractivity contribution < 1.29 is 9.59 Å². The van der Waals surface area contributed by atoms with Gasteiger partial charge in [-0.15, -0.1) is 12.4 Å². The molecule has 0 aromatic heterocycles. The number of carbonyl (C=O) groups excluding carboxylic acids is 2. The van der Waals surface area contributed by atoms with Crippen LogP contribution in [0.1, 0.15) is 50.7 Å². The number of carbonyl (C=O) groups is 2. The molecule has 0 aliphatic rings. The first-order chi connectivity index (χ1) is 9.86. The number of nitrogens with one attached hydrogen (secondary N) is 2. The van der Waals surface area contributed by atoms with E-state index in [1.165, 1.54) is 0 Å². The van der Waals surface area contributed by atoms with Crippen molar-refractivity contribution >= 4 is 29.9 Å². The van der Waals surface area contributed by atoms with Crippen molar-refractivity contribution in [2.24, 2.45) is 5.73 Å². The molecule has 5 nitrogen and oxygen atoms in total. The first kappa shape index (κ1) is 20.4. The number of anilines is 1. The molecule has 2 amide bonds. The van der Waals surface area contributed by atoms with Gasteiger partial charge in [0.25, 0.3) is 0 Å². The molecule has 0 aliphatic heterocycles. The Morgan fingerprint density at radius 1 is 1.05 bits per heavy atom. The predicted octanol–water partition coefficient (Wildman–Crippen LogP) is 2.37. The van der Waals surface area contributed by atoms with Crippen LogP contribution in [0.5, 0.6) is 0 Å². The Labute approximate surface area is 138 Å². The van der Waals surface area contributed by atoms with Gasteiger partial charge in [0, 0.05) is 5.69 Å². The first-order valence-corrected chi connectivity index (χ1v) is 7.26. The van der Waals surface area contributed by atoms with Gasteiger partial charge in [-0.3, -0.25) is 9.59 Å². The number of hydrogen-bond donors (Lipinski definition) is 3. The summed E-state index contributed by atoms with van der Waals surface area (Å²) in [6, 6.07) is 6.05. The summed E-state index contributed by atoms with van der Waals surface area (Å²) < 4.78 is 0. The van der Waals surface area contributed by atoms with E-state index in [1.807, 2.05) is 18.2 Å². The number of para-hydroxylation sites is 1. The lowest BCUT2D eigenvalue weighted by Gasteiger charge is -2.20. The molecule has 0 unspecified atom stereocenters. The number of rotatable bonds is 6. The van der Waals surface area contributed by atoms with Crippen molar-refractivity contribution in [1.82, 2.24) is 5.32 Å². The maximum atomic E-state index is 12.0. The molecule has 0 radical (unpaired) electrons. The highest BCUT2D eigenvalue weighted by Crippen LogP contribution is 2.32. The van der Waals surface area contributed by atoms with E-state index in [0.29, 0.717) is 11.8 Å². The molecule has 22 heavy (non-hydrogen) atoms. The van der Waals surface area contributed by atoms with Crippen LogP contribution in [0, 0.1) is 0 Å². The summed E-state index contributed by atoms with van der Waals surface area (Å²) in [7, 11) is 0. The zero-order valence-corrected chi connectivity index (χ0v) is 14.4. The molecular formula is C16H26ClN3O2. The first-order valence-electron chi connectivity index (χ1n) is 7.26. The molecule has 4 N–H and O–H groups in total. The van der Waals surface area contributed by atoms with Gasteiger partial charge < -0.3 is 16.4 Å². The minimum absolute atomic E-state index is 0. The van der Waals surface area contributed by atoms with Crippen LogP contribution in [-0.4, -0.2) is 24.9 Å². The third-order valence-electron chi connectivity index (χ3n) is 3.27. The Balaban J connectivity index is 0.00000441. The van der Waals surface area contributed by atoms with Crippen LogP contribution in [0.15, 0.2) is 18.2 Å². The lowest BCUT2D eigenvalue weighted by molar-refractivity contribution is -0.123. The van der Waals surface area contributed by atoms with Crippen LogP contribution in [0.3, 0.4) is 0 Å². The highest BCUT2D eigenvalue weighted by Gasteiger charge is 2.16. The lowest BCUT2D eigenvalue weighted by atomic mass is 9.92. The molecule has 1 rings (SSSR count). The zero-order valence-electron chi connectivity index (χ0n) is 13.6. The third-order valence-corrected chi connectivity index (χ3v) is 3.27. The van der Waals surface area contributed by atoms with Crippen LogP contribution < -0.4 is 16.4 Å². The number of halogens is 1. The molecule has 0 fully saturated rings. The van der Waals surface area contributed by atoms with Crippen LogP contribution in [0.25, 0.3) is 0 Å². The molecule has 0 saturated carbocycles. The fraction of sp³-hybridized carbons (Fsp3) is 0.500. The van der Waals surface area contributed by atoms with Gasteiger partial charge in [0.2, 0.25) is 11.8 Å². The van der Waals surface area contributed by atoms with E-state index in [1.54, 1.807) is 0 Å². The van der Waals surface area contributed by atoms with Gasteiger partial charge in [0.15, 0.2) is 0 Å². The van der Waals surface area contributed by atoms with Gasteiger partial charge in [-0.05, 0) is 23.0 Å². The van der Waals surface area contributed by atoms with Crippen LogP contribution in [-0.2, 0) is 9.59 Å². The highest BCUT2D eigenvalue weighted by atomic mass is 35.5. The van der Waals surface area contributed by atoms with E-state index in [2.05, 4.69) is 38.3 Å². The Morgan fingerprint density at radius 3 is 1.95 bits per heavy atom. The van der Waals surface area contributed by atoms with Crippen LogP contribution in [0.4, 0.5) is 5.69 Å². The van der Waals surface area contributed by atoms with E-state index >= 15 is 0 Å². The maximum absolute atomic E-state index is 12.0. The number of benzene rings is 1. The fourth-order valence-corrected chi connectivity index (χ4v) is 2.13. The summed E-state index contributed by atoms with van der Waals surface area (Å²) in [6.07, 6.45) is 0. The third kappa shape index (κ3) is 5.66. The van der Waals surface area contributed by atoms with Crippen LogP contribution in [0.2, 0.25) is 0 Å². The summed E-state index contributed by atoms with van der Waals surface area (Å²) >= 11 is 0. The van der Waals surface area contributed by atoms with Gasteiger partial charge in [0.05, 0.1) is 13.1 Å². The molecule has 124 valence electrons. The molecule has 0 saturated heterocycles. The number of hydrogen-bond acceptors (Lipinski definition) is 3. The minimum atomic E-state index is -0.341. The van der Waals surface area contributed by atoms with Gasteiger partial charge in [-0.1, -0.05) is 45.9 Å². The van der Waals surface area contributed by atoms with E-state index in [9.17, 15) is 9.59 Å². The average Bonchev–Trinajstić information content (AvgIpc) is 2.44. The minimum Gasteiger partial charge on any atom is -0.346 e. The summed E-state index contributed by atoms with van der Waals surface area (Å²) in [4.78, 5) is 23.1. The topological polar surface area (TPSA) is 84.2 Å². The van der Waals surface area contributed by atoms with Crippen molar-refractivity contribution in [1.29, 1.82) is 0 Å². The Morgan fingerprint density at radius 2 is 1.55 bits per heavy atom. The Bertz CT molecular complexity index is 490. The Hall–Kier alpha value is -1.59. The molecule has 1 aromatic carbocycles. The maximum Gasteiger partial charge on any atom is 0.243 e. The normalized spacial score (nSPS) is 10.3. The molecule has 0 aliphatic carbocycles. The largest absolute Gasteiger partial charge is 0.346 e. The second-order valence-corrected chi connectivity index (χ2v) is 5.65. The van der Waals surface area contributed by atoms with Crippen molar-refractivity contribution in [3.05, 3.63) is 29.3 Å². The molecule has 0 bridgehead atoms. The van der Waals surface area contributed by atoms with E-state index in [0.717, 1.165) is 16.8 Å². The van der Waals surface area contributed by atoms with E-state index in [-0.39, 0.29) is 37.3 Å². The summed E-state index contributed by atoms with van der Waals surface area (Å²) in [6.45, 7) is 8.17. The SMILES string of the molecule is CC(C)c1cccc(C(C)C)c1NC(=O)CNC(=O)CN.Cl. The fourth-order valence-electron chi connectivity index (χ4n) is 2.13. The molecule has 6 heteroatoms. The summed E-state index contributed by atoms with van der Waals surface area (Å²) in [5.41, 5.74) is 8.24. The monoisotopic (exact) mass is 327 g/mol. The number of amides is 2. The van der Waals surface area contributed by atoms with Crippen molar-refractivity contribution in [3.8, 4) is 0 Å². The smallest absolute Gasteiger partial charge is 0.243 e. The number of nitrogens with two attached hydrogens (primary N) is 1. The van der Waals surface area contributed by atoms with E-state index in [4.69, 9.17) is 5.73 Å². The van der Waals surface area contributed by atoms with Crippen LogP contribution >= 0.6 is 12.4 Å². The van der Waals surface area contributed by atoms with Gasteiger partial charge in [0.1, 0.15) is 0 Å². The molecule has 0 atom stereocenters. The van der Waals surface area contributed by atoms with Crippen molar-refractivity contribution in [2.75, 3.05) is 18.4 Å². The Kier molecular flexibility index (Phi) is 8.75. The second kappa shape index (κ2) is 9.43. The lowest BCUT2D eigenvalue weighted by Crippen LogP contribution is -2.36. The summed E-state index contributed by atoms with van der Waals surface area (Å²) in [5, 5.41) is 5.40. The van der Waals surface area contributed by atoms with Crippen molar-refractivity contribution in [3.63, 3.8) is 0 Å². The molecule has 0 heterocycles. The van der Waals surface area contributed by atoms with E-state index < -0.39 is 0 Å². The van der Waals surface area contributed by atoms with Gasteiger partial charge in [-0.2, -0.15) is 0 Å². The standard InChI is InChI=1S/C16H25N3O2.ClH/c1-10(2)12-6-5-7-13(11(3)4)16(12)19-15(21)9-18-14(20)8-17;/h5-7,10-11H,8-9,17H2,1-4H3,(H,18,20)(H,19,21);1H.